The van der Waals surface area contributed by atoms with Gasteiger partial charge in [-0.25, -0.2) is 0 Å². The van der Waals surface area contributed by atoms with E-state index in [-0.39, 0.29) is 24.3 Å². The van der Waals surface area contributed by atoms with Gasteiger partial charge in [-0.1, -0.05) is 37.8 Å². The fourth-order valence-corrected chi connectivity index (χ4v) is 5.13. The molecule has 1 saturated carbocycles. The Bertz CT molecular complexity index is 923. The molecule has 40 heavy (non-hydrogen) atoms. The first-order valence-corrected chi connectivity index (χ1v) is 14.9. The van der Waals surface area contributed by atoms with Crippen LogP contribution in [0.4, 0.5) is 0 Å². The zero-order valence-corrected chi connectivity index (χ0v) is 25.6. The van der Waals surface area contributed by atoms with Crippen molar-refractivity contribution in [2.75, 3.05) is 26.9 Å². The predicted molar refractivity (Wildman–Crippen MR) is 155 cm³/mol. The Labute approximate surface area is 244 Å². The predicted octanol–water partition coefficient (Wildman–Crippen LogP) is 6.27. The number of methoxy groups -OCH3 is 1. The number of hydrogen-bond donors (Lipinski definition) is 1. The van der Waals surface area contributed by atoms with Crippen LogP contribution in [0, 0.1) is 11.3 Å². The van der Waals surface area contributed by atoms with Crippen molar-refractivity contribution in [1.82, 2.24) is 5.32 Å². The van der Waals surface area contributed by atoms with Gasteiger partial charge in [-0.2, -0.15) is 0 Å². The molecule has 2 atom stereocenters. The van der Waals surface area contributed by atoms with Crippen LogP contribution in [-0.2, 0) is 28.6 Å². The molecule has 1 aliphatic rings. The van der Waals surface area contributed by atoms with E-state index in [0.717, 1.165) is 25.7 Å². The molecule has 226 valence electrons. The number of rotatable bonds is 17. The molecule has 1 aromatic carbocycles. The second-order valence-corrected chi connectivity index (χ2v) is 12.2. The Morgan fingerprint density at radius 1 is 1.02 bits per heavy atom. The molecule has 0 radical (unpaired) electrons. The third-order valence-corrected chi connectivity index (χ3v) is 7.40. The van der Waals surface area contributed by atoms with Gasteiger partial charge in [0.05, 0.1) is 31.0 Å². The molecule has 0 saturated heterocycles. The Morgan fingerprint density at radius 3 is 2.30 bits per heavy atom. The van der Waals surface area contributed by atoms with E-state index in [0.29, 0.717) is 62.7 Å². The van der Waals surface area contributed by atoms with E-state index in [2.05, 4.69) is 5.32 Å². The fraction of sp³-hybridized carbons (Fsp3) is 0.710. The van der Waals surface area contributed by atoms with Crippen LogP contribution in [0.3, 0.4) is 0 Å². The van der Waals surface area contributed by atoms with Crippen LogP contribution in [0.15, 0.2) is 24.3 Å². The minimum atomic E-state index is -0.712. The van der Waals surface area contributed by atoms with Gasteiger partial charge in [0.1, 0.15) is 11.4 Å². The number of esters is 2. The number of ether oxygens (including phenoxy) is 4. The summed E-state index contributed by atoms with van der Waals surface area (Å²) in [5, 5.41) is 3.76. The third kappa shape index (κ3) is 12.0. The van der Waals surface area contributed by atoms with Crippen molar-refractivity contribution in [3.8, 4) is 5.75 Å². The van der Waals surface area contributed by atoms with Crippen molar-refractivity contribution < 1.29 is 33.3 Å². The first-order chi connectivity index (χ1) is 19.0. The van der Waals surface area contributed by atoms with Crippen LogP contribution < -0.4 is 10.1 Å². The van der Waals surface area contributed by atoms with E-state index in [9.17, 15) is 14.4 Å². The quantitative estimate of drug-likeness (QED) is 0.171. The Morgan fingerprint density at radius 2 is 1.70 bits per heavy atom. The van der Waals surface area contributed by atoms with E-state index in [1.165, 1.54) is 0 Å². The molecule has 0 unspecified atom stereocenters. The Balaban J connectivity index is 2.15. The number of nitrogens with one attached hydrogen (secondary N) is 1. The van der Waals surface area contributed by atoms with Gasteiger partial charge in [0.25, 0.3) is 0 Å². The van der Waals surface area contributed by atoms with E-state index < -0.39 is 23.0 Å². The number of unbranched alkanes of at least 4 members (excludes halogenated alkanes) is 1. The Kier molecular flexibility index (Phi) is 14.3. The molecule has 1 N–H and O–H groups in total. The number of carbonyl (C=O) groups excluding carboxylic acids is 3. The number of amides is 1. The SMILES string of the molecule is CCCCOC(=O)C[C@H](CCOc1ccc(Cl)cc1)NC(=O)C1(C[C@@H](CCOC)C(=O)OC(C)(C)C)CCCC1. The van der Waals surface area contributed by atoms with Gasteiger partial charge < -0.3 is 24.3 Å². The monoisotopic (exact) mass is 581 g/mol. The van der Waals surface area contributed by atoms with Crippen molar-refractivity contribution in [1.29, 1.82) is 0 Å². The number of hydrogen-bond acceptors (Lipinski definition) is 7. The lowest BCUT2D eigenvalue weighted by molar-refractivity contribution is -0.162. The van der Waals surface area contributed by atoms with Gasteiger partial charge in [-0.15, -0.1) is 0 Å². The van der Waals surface area contributed by atoms with Crippen LogP contribution >= 0.6 is 11.6 Å². The van der Waals surface area contributed by atoms with Crippen LogP contribution in [0.5, 0.6) is 5.75 Å². The average molecular weight is 582 g/mol. The zero-order chi connectivity index (χ0) is 29.6. The number of halogens is 1. The molecule has 0 heterocycles. The lowest BCUT2D eigenvalue weighted by Crippen LogP contribution is -2.47. The largest absolute Gasteiger partial charge is 0.494 e. The highest BCUT2D eigenvalue weighted by Crippen LogP contribution is 2.44. The topological polar surface area (TPSA) is 100 Å². The average Bonchev–Trinajstić information content (AvgIpc) is 3.36. The van der Waals surface area contributed by atoms with Gasteiger partial charge in [-0.05, 0) is 77.1 Å². The normalized spacial score (nSPS) is 16.1. The molecule has 1 fully saturated rings. The summed E-state index contributed by atoms with van der Waals surface area (Å²) < 4.78 is 22.2. The maximum atomic E-state index is 13.9. The molecular formula is C31H48ClNO7. The summed E-state index contributed by atoms with van der Waals surface area (Å²) in [6.07, 6.45) is 6.21. The van der Waals surface area contributed by atoms with Gasteiger partial charge in [-0.3, -0.25) is 14.4 Å². The van der Waals surface area contributed by atoms with Crippen LogP contribution in [0.2, 0.25) is 5.02 Å². The highest BCUT2D eigenvalue weighted by molar-refractivity contribution is 6.30. The Hall–Kier alpha value is -2.32. The van der Waals surface area contributed by atoms with Crippen molar-refractivity contribution in [3.63, 3.8) is 0 Å². The highest BCUT2D eigenvalue weighted by atomic mass is 35.5. The molecule has 1 aliphatic carbocycles. The molecular weight excluding hydrogens is 534 g/mol. The summed E-state index contributed by atoms with van der Waals surface area (Å²) in [5.74, 6) is -0.596. The fourth-order valence-electron chi connectivity index (χ4n) is 5.00. The second-order valence-electron chi connectivity index (χ2n) is 11.7. The maximum absolute atomic E-state index is 13.9. The molecule has 2 rings (SSSR count). The summed E-state index contributed by atoms with van der Waals surface area (Å²) in [6, 6.07) is 6.58. The van der Waals surface area contributed by atoms with Crippen LogP contribution in [-0.4, -0.2) is 56.4 Å². The lowest BCUT2D eigenvalue weighted by Gasteiger charge is -2.34. The van der Waals surface area contributed by atoms with E-state index >= 15 is 0 Å². The van der Waals surface area contributed by atoms with Crippen molar-refractivity contribution >= 4 is 29.4 Å². The van der Waals surface area contributed by atoms with Crippen molar-refractivity contribution in [3.05, 3.63) is 29.3 Å². The zero-order valence-electron chi connectivity index (χ0n) is 24.9. The summed E-state index contributed by atoms with van der Waals surface area (Å²) >= 11 is 5.96. The number of benzene rings is 1. The second kappa shape index (κ2) is 16.8. The summed E-state index contributed by atoms with van der Waals surface area (Å²) in [5.41, 5.74) is -1.34. The summed E-state index contributed by atoms with van der Waals surface area (Å²) in [7, 11) is 1.60. The standard InChI is InChI=1S/C31H48ClNO7/c1-6-7-18-39-27(34)21-25(15-20-38-26-12-10-24(32)11-13-26)33-29(36)31(16-8-9-17-31)22-23(14-19-37-5)28(35)40-30(2,3)4/h10-13,23,25H,6-9,14-22H2,1-5H3,(H,33,36)/t23-,25+/m1/s1. The van der Waals surface area contributed by atoms with E-state index in [4.69, 9.17) is 30.5 Å². The molecule has 0 spiro atoms. The van der Waals surface area contributed by atoms with Gasteiger partial charge >= 0.3 is 11.9 Å². The van der Waals surface area contributed by atoms with Gasteiger partial charge in [0.2, 0.25) is 5.91 Å². The maximum Gasteiger partial charge on any atom is 0.309 e. The molecule has 0 bridgehead atoms. The smallest absolute Gasteiger partial charge is 0.309 e. The number of carbonyl (C=O) groups is 3. The molecule has 0 aromatic heterocycles. The van der Waals surface area contributed by atoms with Gasteiger partial charge in [0, 0.05) is 31.2 Å². The molecule has 1 amide bonds. The van der Waals surface area contributed by atoms with Crippen LogP contribution in [0.25, 0.3) is 0 Å². The van der Waals surface area contributed by atoms with Crippen molar-refractivity contribution in [2.45, 2.75) is 104 Å². The summed E-state index contributed by atoms with van der Waals surface area (Å²) in [4.78, 5) is 39.6. The van der Waals surface area contributed by atoms with Crippen LogP contribution in [0.1, 0.15) is 91.9 Å². The molecule has 8 nitrogen and oxygen atoms in total. The van der Waals surface area contributed by atoms with Crippen molar-refractivity contribution in [2.24, 2.45) is 11.3 Å². The summed E-state index contributed by atoms with van der Waals surface area (Å²) in [6.45, 7) is 8.61. The third-order valence-electron chi connectivity index (χ3n) is 7.15. The first-order valence-electron chi connectivity index (χ1n) is 14.5. The van der Waals surface area contributed by atoms with E-state index in [1.807, 2.05) is 27.7 Å². The molecule has 1 aromatic rings. The molecule has 0 aliphatic heterocycles. The van der Waals surface area contributed by atoms with Gasteiger partial charge in [0.15, 0.2) is 0 Å². The van der Waals surface area contributed by atoms with E-state index in [1.54, 1.807) is 31.4 Å². The lowest BCUT2D eigenvalue weighted by atomic mass is 9.75. The first kappa shape index (κ1) is 33.9. The molecule has 9 heteroatoms. The highest BCUT2D eigenvalue weighted by Gasteiger charge is 2.45. The minimum Gasteiger partial charge on any atom is -0.494 e. The minimum absolute atomic E-state index is 0.0503.